The molecule has 3 heterocycles. The summed E-state index contributed by atoms with van der Waals surface area (Å²) in [6.45, 7) is 7.54. The van der Waals surface area contributed by atoms with E-state index in [4.69, 9.17) is 9.47 Å². The third-order valence-electron chi connectivity index (χ3n) is 5.57. The lowest BCUT2D eigenvalue weighted by molar-refractivity contribution is -0.146. The first-order valence-corrected chi connectivity index (χ1v) is 9.13. The lowest BCUT2D eigenvalue weighted by atomic mass is 9.81. The maximum atomic E-state index is 6.16. The van der Waals surface area contributed by atoms with Crippen molar-refractivity contribution in [2.24, 2.45) is 5.92 Å². The smallest absolute Gasteiger partial charge is 0.0985 e. The molecule has 0 radical (unpaired) electrons. The molecule has 0 saturated carbocycles. The molecule has 1 atom stereocenters. The Balaban J connectivity index is 1.28. The van der Waals surface area contributed by atoms with Crippen LogP contribution in [0.1, 0.15) is 23.1 Å². The van der Waals surface area contributed by atoms with Gasteiger partial charge >= 0.3 is 0 Å². The van der Waals surface area contributed by atoms with Crippen molar-refractivity contribution in [1.82, 2.24) is 9.88 Å². The highest BCUT2D eigenvalue weighted by molar-refractivity contribution is 5.26. The molecule has 1 aromatic carbocycles. The first kappa shape index (κ1) is 16.7. The molecule has 4 heteroatoms. The SMILES string of the molecule is Cc1ccccc1CN1CC2(C1)OCCC2COCc1ccncc1. The second-order valence-electron chi connectivity index (χ2n) is 7.34. The Kier molecular flexibility index (Phi) is 4.84. The topological polar surface area (TPSA) is 34.6 Å². The fourth-order valence-corrected chi connectivity index (χ4v) is 4.02. The van der Waals surface area contributed by atoms with Gasteiger partial charge in [-0.3, -0.25) is 9.88 Å². The monoisotopic (exact) mass is 338 g/mol. The molecule has 4 rings (SSSR count). The van der Waals surface area contributed by atoms with Crippen molar-refractivity contribution in [3.63, 3.8) is 0 Å². The van der Waals surface area contributed by atoms with Crippen LogP contribution in [0, 0.1) is 12.8 Å². The van der Waals surface area contributed by atoms with Crippen LogP contribution in [0.5, 0.6) is 0 Å². The Hall–Kier alpha value is -1.75. The summed E-state index contributed by atoms with van der Waals surface area (Å²) in [5.41, 5.74) is 3.98. The molecule has 2 aromatic rings. The molecule has 2 fully saturated rings. The molecule has 2 saturated heterocycles. The van der Waals surface area contributed by atoms with Gasteiger partial charge in [-0.25, -0.2) is 0 Å². The van der Waals surface area contributed by atoms with Gasteiger partial charge in [-0.15, -0.1) is 0 Å². The fraction of sp³-hybridized carbons (Fsp3) is 0.476. The third kappa shape index (κ3) is 3.61. The highest BCUT2D eigenvalue weighted by Gasteiger charge is 2.52. The quantitative estimate of drug-likeness (QED) is 0.810. The summed E-state index contributed by atoms with van der Waals surface area (Å²) >= 11 is 0. The lowest BCUT2D eigenvalue weighted by Crippen LogP contribution is -2.64. The summed E-state index contributed by atoms with van der Waals surface area (Å²) < 4.78 is 12.1. The zero-order valence-corrected chi connectivity index (χ0v) is 14.9. The summed E-state index contributed by atoms with van der Waals surface area (Å²) in [6.07, 6.45) is 4.73. The summed E-state index contributed by atoms with van der Waals surface area (Å²) in [4.78, 5) is 6.53. The van der Waals surface area contributed by atoms with E-state index in [2.05, 4.69) is 41.1 Å². The Labute approximate surface area is 149 Å². The van der Waals surface area contributed by atoms with E-state index in [0.29, 0.717) is 12.5 Å². The zero-order chi connectivity index (χ0) is 17.1. The normalized spacial score (nSPS) is 22.2. The van der Waals surface area contributed by atoms with Gasteiger partial charge in [0.2, 0.25) is 0 Å². The van der Waals surface area contributed by atoms with Gasteiger partial charge in [0.05, 0.1) is 18.8 Å². The summed E-state index contributed by atoms with van der Waals surface area (Å²) in [7, 11) is 0. The van der Waals surface area contributed by atoms with Crippen LogP contribution in [0.4, 0.5) is 0 Å². The molecular weight excluding hydrogens is 312 g/mol. The first-order chi connectivity index (χ1) is 12.3. The molecule has 132 valence electrons. The molecule has 25 heavy (non-hydrogen) atoms. The van der Waals surface area contributed by atoms with E-state index in [9.17, 15) is 0 Å². The Morgan fingerprint density at radius 1 is 1.20 bits per heavy atom. The van der Waals surface area contributed by atoms with Crippen LogP contribution in [0.15, 0.2) is 48.8 Å². The molecule has 2 aliphatic heterocycles. The first-order valence-electron chi connectivity index (χ1n) is 9.13. The van der Waals surface area contributed by atoms with Gasteiger partial charge in [0.25, 0.3) is 0 Å². The number of ether oxygens (including phenoxy) is 2. The van der Waals surface area contributed by atoms with Crippen molar-refractivity contribution in [2.45, 2.75) is 32.1 Å². The van der Waals surface area contributed by atoms with Gasteiger partial charge in [0.15, 0.2) is 0 Å². The Morgan fingerprint density at radius 3 is 2.80 bits per heavy atom. The highest BCUT2D eigenvalue weighted by atomic mass is 16.5. The van der Waals surface area contributed by atoms with Gasteiger partial charge in [-0.05, 0) is 42.2 Å². The van der Waals surface area contributed by atoms with Crippen molar-refractivity contribution < 1.29 is 9.47 Å². The van der Waals surface area contributed by atoms with E-state index in [0.717, 1.165) is 39.3 Å². The molecule has 0 aliphatic carbocycles. The fourth-order valence-electron chi connectivity index (χ4n) is 4.02. The van der Waals surface area contributed by atoms with E-state index in [1.807, 2.05) is 24.5 Å². The van der Waals surface area contributed by atoms with Crippen molar-refractivity contribution in [1.29, 1.82) is 0 Å². The van der Waals surface area contributed by atoms with Crippen molar-refractivity contribution >= 4 is 0 Å². The van der Waals surface area contributed by atoms with E-state index in [1.54, 1.807) is 0 Å². The number of pyridine rings is 1. The van der Waals surface area contributed by atoms with Gasteiger partial charge in [0.1, 0.15) is 0 Å². The standard InChI is InChI=1S/C21H26N2O2/c1-17-4-2-3-5-19(17)12-23-15-21(16-23)20(8-11-25-21)14-24-13-18-6-9-22-10-7-18/h2-7,9-10,20H,8,11-16H2,1H3. The molecule has 0 bridgehead atoms. The van der Waals surface area contributed by atoms with Gasteiger partial charge in [-0.2, -0.15) is 0 Å². The average Bonchev–Trinajstić information content (AvgIpc) is 3.01. The van der Waals surface area contributed by atoms with Crippen molar-refractivity contribution in [2.75, 3.05) is 26.3 Å². The maximum absolute atomic E-state index is 6.16. The molecule has 2 aliphatic rings. The number of benzene rings is 1. The number of likely N-dealkylation sites (tertiary alicyclic amines) is 1. The van der Waals surface area contributed by atoms with Crippen LogP contribution in [0.25, 0.3) is 0 Å². The molecular formula is C21H26N2O2. The minimum Gasteiger partial charge on any atom is -0.376 e. The van der Waals surface area contributed by atoms with Gasteiger partial charge < -0.3 is 9.47 Å². The van der Waals surface area contributed by atoms with Crippen LogP contribution < -0.4 is 0 Å². The molecule has 4 nitrogen and oxygen atoms in total. The zero-order valence-electron chi connectivity index (χ0n) is 14.9. The van der Waals surface area contributed by atoms with Gasteiger partial charge in [0, 0.05) is 44.6 Å². The second-order valence-corrected chi connectivity index (χ2v) is 7.34. The third-order valence-corrected chi connectivity index (χ3v) is 5.57. The minimum atomic E-state index is 0.0148. The predicted octanol–water partition coefficient (Wildman–Crippen LogP) is 3.20. The summed E-state index contributed by atoms with van der Waals surface area (Å²) in [6, 6.07) is 12.7. The number of aryl methyl sites for hydroxylation is 1. The van der Waals surface area contributed by atoms with Crippen LogP contribution in [0.3, 0.4) is 0 Å². The molecule has 1 spiro atoms. The van der Waals surface area contributed by atoms with E-state index in [-0.39, 0.29) is 5.60 Å². The summed E-state index contributed by atoms with van der Waals surface area (Å²) in [5.74, 6) is 0.502. The largest absolute Gasteiger partial charge is 0.376 e. The molecule has 0 amide bonds. The maximum Gasteiger partial charge on any atom is 0.0985 e. The van der Waals surface area contributed by atoms with Crippen LogP contribution in [-0.4, -0.2) is 41.8 Å². The predicted molar refractivity (Wildman–Crippen MR) is 97.1 cm³/mol. The van der Waals surface area contributed by atoms with E-state index < -0.39 is 0 Å². The van der Waals surface area contributed by atoms with E-state index in [1.165, 1.54) is 16.7 Å². The van der Waals surface area contributed by atoms with Crippen LogP contribution in [-0.2, 0) is 22.6 Å². The van der Waals surface area contributed by atoms with Crippen molar-refractivity contribution in [3.05, 3.63) is 65.5 Å². The second kappa shape index (κ2) is 7.24. The highest BCUT2D eigenvalue weighted by Crippen LogP contribution is 2.40. The number of hydrogen-bond donors (Lipinski definition) is 0. The number of aromatic nitrogens is 1. The van der Waals surface area contributed by atoms with Crippen molar-refractivity contribution in [3.8, 4) is 0 Å². The van der Waals surface area contributed by atoms with Crippen LogP contribution >= 0.6 is 0 Å². The average molecular weight is 338 g/mol. The number of rotatable bonds is 6. The number of hydrogen-bond acceptors (Lipinski definition) is 4. The van der Waals surface area contributed by atoms with E-state index >= 15 is 0 Å². The molecule has 0 N–H and O–H groups in total. The lowest BCUT2D eigenvalue weighted by Gasteiger charge is -2.50. The van der Waals surface area contributed by atoms with Gasteiger partial charge in [-0.1, -0.05) is 24.3 Å². The number of nitrogens with zero attached hydrogens (tertiary/aromatic N) is 2. The molecule has 1 unspecified atom stereocenters. The Bertz CT molecular complexity index is 698. The molecule has 1 aromatic heterocycles. The summed E-state index contributed by atoms with van der Waals surface area (Å²) in [5, 5.41) is 0. The minimum absolute atomic E-state index is 0.0148. The Morgan fingerprint density at radius 2 is 2.00 bits per heavy atom. The van der Waals surface area contributed by atoms with Crippen LogP contribution in [0.2, 0.25) is 0 Å².